The van der Waals surface area contributed by atoms with E-state index in [2.05, 4.69) is 11.8 Å². The number of hydrogen-bond acceptors (Lipinski definition) is 4. The molecule has 0 heterocycles. The minimum atomic E-state index is -0.216. The van der Waals surface area contributed by atoms with Crippen molar-refractivity contribution in [3.05, 3.63) is 12.0 Å². The van der Waals surface area contributed by atoms with Gasteiger partial charge in [-0.15, -0.1) is 0 Å². The average Bonchev–Trinajstić information content (AvgIpc) is 2.60. The Balaban J connectivity index is 3.15. The largest absolute Gasteiger partial charge is 0.497 e. The van der Waals surface area contributed by atoms with E-state index in [0.717, 1.165) is 6.42 Å². The fourth-order valence-corrected chi connectivity index (χ4v) is 2.72. The van der Waals surface area contributed by atoms with Crippen molar-refractivity contribution in [1.29, 1.82) is 0 Å². The number of aliphatic hydroxyl groups excluding tert-OH is 1. The van der Waals surface area contributed by atoms with Crippen molar-refractivity contribution in [3.8, 4) is 0 Å². The van der Waals surface area contributed by atoms with Gasteiger partial charge in [0, 0.05) is 0 Å². The minimum absolute atomic E-state index is 0.216. The summed E-state index contributed by atoms with van der Waals surface area (Å²) >= 11 is 0. The molecular formula is C20H40O4. The highest BCUT2D eigenvalue weighted by molar-refractivity contribution is 4.85. The lowest BCUT2D eigenvalue weighted by molar-refractivity contribution is -0.243. The van der Waals surface area contributed by atoms with Crippen LogP contribution in [0.25, 0.3) is 0 Å². The molecule has 0 aliphatic heterocycles. The normalized spacial score (nSPS) is 11.7. The van der Waals surface area contributed by atoms with E-state index in [1.807, 2.05) is 0 Å². The first-order valence-corrected chi connectivity index (χ1v) is 9.97. The molecule has 4 heteroatoms. The van der Waals surface area contributed by atoms with Crippen LogP contribution in [0.15, 0.2) is 12.0 Å². The summed E-state index contributed by atoms with van der Waals surface area (Å²) in [5.41, 5.74) is 0. The SMILES string of the molecule is CCCCCCCCCCCCCCCCOC=C(CO)OOC. The zero-order valence-electron chi connectivity index (χ0n) is 16.1. The Bertz CT molecular complexity index is 266. The van der Waals surface area contributed by atoms with Crippen molar-refractivity contribution in [2.24, 2.45) is 0 Å². The van der Waals surface area contributed by atoms with Gasteiger partial charge in [0.05, 0.1) is 13.7 Å². The third kappa shape index (κ3) is 17.6. The van der Waals surface area contributed by atoms with E-state index in [-0.39, 0.29) is 6.61 Å². The van der Waals surface area contributed by atoms with Gasteiger partial charge in [0.25, 0.3) is 0 Å². The molecule has 0 aliphatic rings. The molecular weight excluding hydrogens is 304 g/mol. The van der Waals surface area contributed by atoms with Gasteiger partial charge >= 0.3 is 0 Å². The summed E-state index contributed by atoms with van der Waals surface area (Å²) < 4.78 is 5.32. The molecule has 4 nitrogen and oxygen atoms in total. The summed E-state index contributed by atoms with van der Waals surface area (Å²) in [6.45, 7) is 2.72. The number of rotatable bonds is 19. The second-order valence-electron chi connectivity index (χ2n) is 6.46. The van der Waals surface area contributed by atoms with E-state index >= 15 is 0 Å². The molecule has 0 spiro atoms. The predicted molar refractivity (Wildman–Crippen MR) is 99.5 cm³/mol. The smallest absolute Gasteiger partial charge is 0.201 e. The summed E-state index contributed by atoms with van der Waals surface area (Å²) in [6, 6.07) is 0. The molecule has 0 fully saturated rings. The van der Waals surface area contributed by atoms with Gasteiger partial charge in [-0.2, -0.15) is 4.89 Å². The van der Waals surface area contributed by atoms with Gasteiger partial charge in [-0.05, 0) is 6.42 Å². The third-order valence-corrected chi connectivity index (χ3v) is 4.18. The molecule has 0 atom stereocenters. The van der Waals surface area contributed by atoms with Crippen molar-refractivity contribution in [2.45, 2.75) is 96.8 Å². The van der Waals surface area contributed by atoms with Crippen molar-refractivity contribution < 1.29 is 19.6 Å². The van der Waals surface area contributed by atoms with Crippen LogP contribution < -0.4 is 0 Å². The standard InChI is InChI=1S/C20H40O4/c1-3-4-5-6-7-8-9-10-11-12-13-14-15-16-17-23-19-20(18-21)24-22-2/h19,21H,3-18H2,1-2H3. The number of hydrogen-bond donors (Lipinski definition) is 1. The second-order valence-corrected chi connectivity index (χ2v) is 6.46. The lowest BCUT2D eigenvalue weighted by Crippen LogP contribution is -1.98. The second kappa shape index (κ2) is 20.3. The van der Waals surface area contributed by atoms with Gasteiger partial charge < -0.3 is 14.7 Å². The molecule has 0 saturated carbocycles. The first kappa shape index (κ1) is 23.3. The molecule has 0 aromatic rings. The Morgan fingerprint density at radius 3 is 1.62 bits per heavy atom. The highest BCUT2D eigenvalue weighted by Crippen LogP contribution is 2.13. The highest BCUT2D eigenvalue weighted by atomic mass is 17.2. The summed E-state index contributed by atoms with van der Waals surface area (Å²) in [5, 5.41) is 8.93. The van der Waals surface area contributed by atoms with Crippen LogP contribution >= 0.6 is 0 Å². The molecule has 0 radical (unpaired) electrons. The van der Waals surface area contributed by atoms with Gasteiger partial charge in [-0.25, -0.2) is 0 Å². The number of aliphatic hydroxyl groups is 1. The van der Waals surface area contributed by atoms with Gasteiger partial charge in [-0.3, -0.25) is 0 Å². The lowest BCUT2D eigenvalue weighted by Gasteiger charge is -2.05. The van der Waals surface area contributed by atoms with Gasteiger partial charge in [0.1, 0.15) is 12.9 Å². The monoisotopic (exact) mass is 344 g/mol. The van der Waals surface area contributed by atoms with E-state index in [9.17, 15) is 0 Å². The van der Waals surface area contributed by atoms with E-state index in [1.54, 1.807) is 0 Å². The zero-order chi connectivity index (χ0) is 17.7. The quantitative estimate of drug-likeness (QED) is 0.137. The number of ether oxygens (including phenoxy) is 1. The molecule has 0 saturated heterocycles. The topological polar surface area (TPSA) is 47.9 Å². The molecule has 0 bridgehead atoms. The van der Waals surface area contributed by atoms with Crippen LogP contribution in [0.3, 0.4) is 0 Å². The van der Waals surface area contributed by atoms with Crippen LogP contribution in [-0.2, 0) is 14.5 Å². The summed E-state index contributed by atoms with van der Waals surface area (Å²) in [6.07, 6.45) is 20.3. The molecule has 0 aromatic carbocycles. The first-order valence-electron chi connectivity index (χ1n) is 9.97. The Morgan fingerprint density at radius 1 is 0.750 bits per heavy atom. The molecule has 0 amide bonds. The van der Waals surface area contributed by atoms with Crippen LogP contribution in [0.2, 0.25) is 0 Å². The summed E-state index contributed by atoms with van der Waals surface area (Å²) in [4.78, 5) is 9.17. The maximum absolute atomic E-state index is 8.93. The van der Waals surface area contributed by atoms with E-state index in [1.165, 1.54) is 96.8 Å². The molecule has 1 N–H and O–H groups in total. The van der Waals surface area contributed by atoms with Crippen molar-refractivity contribution in [2.75, 3.05) is 20.3 Å². The van der Waals surface area contributed by atoms with Crippen LogP contribution in [0.5, 0.6) is 0 Å². The zero-order valence-corrected chi connectivity index (χ0v) is 16.1. The fraction of sp³-hybridized carbons (Fsp3) is 0.900. The van der Waals surface area contributed by atoms with Crippen LogP contribution in [0, 0.1) is 0 Å². The van der Waals surface area contributed by atoms with Crippen LogP contribution in [-0.4, -0.2) is 25.4 Å². The first-order chi connectivity index (χ1) is 11.8. The molecule has 0 aliphatic carbocycles. The maximum atomic E-state index is 8.93. The van der Waals surface area contributed by atoms with Crippen LogP contribution in [0.1, 0.15) is 96.8 Å². The molecule has 0 unspecified atom stereocenters. The Labute approximate surface area is 149 Å². The lowest BCUT2D eigenvalue weighted by atomic mass is 10.0. The van der Waals surface area contributed by atoms with Crippen molar-refractivity contribution in [1.82, 2.24) is 0 Å². The summed E-state index contributed by atoms with van der Waals surface area (Å²) in [5.74, 6) is 0.294. The third-order valence-electron chi connectivity index (χ3n) is 4.18. The van der Waals surface area contributed by atoms with Gasteiger partial charge in [0.15, 0.2) is 0 Å². The van der Waals surface area contributed by atoms with E-state index in [4.69, 9.17) is 14.7 Å². The minimum Gasteiger partial charge on any atom is -0.497 e. The molecule has 0 aromatic heterocycles. The Morgan fingerprint density at radius 2 is 1.21 bits per heavy atom. The Hall–Kier alpha value is -0.740. The van der Waals surface area contributed by atoms with E-state index < -0.39 is 0 Å². The van der Waals surface area contributed by atoms with Crippen molar-refractivity contribution >= 4 is 0 Å². The molecule has 24 heavy (non-hydrogen) atoms. The van der Waals surface area contributed by atoms with Gasteiger partial charge in [0.2, 0.25) is 5.76 Å². The van der Waals surface area contributed by atoms with Crippen LogP contribution in [0.4, 0.5) is 0 Å². The fourth-order valence-electron chi connectivity index (χ4n) is 2.72. The van der Waals surface area contributed by atoms with Crippen molar-refractivity contribution in [3.63, 3.8) is 0 Å². The summed E-state index contributed by atoms with van der Waals surface area (Å²) in [7, 11) is 1.40. The molecule has 144 valence electrons. The maximum Gasteiger partial charge on any atom is 0.201 e. The van der Waals surface area contributed by atoms with Gasteiger partial charge in [-0.1, -0.05) is 90.4 Å². The predicted octanol–water partition coefficient (Wildman–Crippen LogP) is 5.90. The highest BCUT2D eigenvalue weighted by Gasteiger charge is 1.97. The average molecular weight is 345 g/mol. The molecule has 0 rings (SSSR count). The Kier molecular flexibility index (Phi) is 19.7. The number of unbranched alkanes of at least 4 members (excludes halogenated alkanes) is 13. The van der Waals surface area contributed by atoms with E-state index in [0.29, 0.717) is 12.4 Å².